The molecular formula is C15H20N2. The molecule has 0 saturated carbocycles. The molecule has 2 rings (SSSR count). The van der Waals surface area contributed by atoms with Crippen molar-refractivity contribution in [2.45, 2.75) is 33.4 Å². The number of nitrogens with one attached hydrogen (secondary N) is 1. The molecule has 0 bridgehead atoms. The summed E-state index contributed by atoms with van der Waals surface area (Å²) >= 11 is 0. The third-order valence-electron chi connectivity index (χ3n) is 3.12. The molecule has 0 radical (unpaired) electrons. The Morgan fingerprint density at radius 2 is 1.88 bits per heavy atom. The maximum atomic E-state index is 3.52. The Labute approximate surface area is 103 Å². The van der Waals surface area contributed by atoms with Crippen molar-refractivity contribution in [1.82, 2.24) is 4.57 Å². The minimum atomic E-state index is 0.887. The van der Waals surface area contributed by atoms with E-state index in [0.29, 0.717) is 0 Å². The molecule has 0 fully saturated rings. The first kappa shape index (κ1) is 11.8. The van der Waals surface area contributed by atoms with E-state index in [0.717, 1.165) is 19.5 Å². The van der Waals surface area contributed by atoms with Crippen molar-refractivity contribution in [2.24, 2.45) is 0 Å². The predicted molar refractivity (Wildman–Crippen MR) is 73.3 cm³/mol. The number of hydrogen-bond donors (Lipinski definition) is 1. The van der Waals surface area contributed by atoms with Crippen LogP contribution in [0.5, 0.6) is 0 Å². The number of nitrogens with zero attached hydrogens (tertiary/aromatic N) is 1. The van der Waals surface area contributed by atoms with Crippen molar-refractivity contribution in [3.05, 3.63) is 53.9 Å². The fourth-order valence-electron chi connectivity index (χ4n) is 2.11. The SMILES string of the molecule is CCc1ccccc1NCc1cccn1CC. The second kappa shape index (κ2) is 5.58. The molecule has 0 aliphatic rings. The van der Waals surface area contributed by atoms with Crippen molar-refractivity contribution in [3.8, 4) is 0 Å². The number of hydrogen-bond acceptors (Lipinski definition) is 1. The van der Waals surface area contributed by atoms with E-state index in [9.17, 15) is 0 Å². The Kier molecular flexibility index (Phi) is 3.86. The lowest BCUT2D eigenvalue weighted by Gasteiger charge is -2.12. The van der Waals surface area contributed by atoms with Gasteiger partial charge in [-0.25, -0.2) is 0 Å². The highest BCUT2D eigenvalue weighted by Crippen LogP contribution is 2.16. The zero-order valence-electron chi connectivity index (χ0n) is 10.6. The van der Waals surface area contributed by atoms with Crippen molar-refractivity contribution in [3.63, 3.8) is 0 Å². The van der Waals surface area contributed by atoms with Gasteiger partial charge in [0.25, 0.3) is 0 Å². The second-order valence-electron chi connectivity index (χ2n) is 4.15. The quantitative estimate of drug-likeness (QED) is 0.826. The van der Waals surface area contributed by atoms with Crippen LogP contribution in [0.2, 0.25) is 0 Å². The Morgan fingerprint density at radius 3 is 2.65 bits per heavy atom. The molecule has 0 aliphatic carbocycles. The van der Waals surface area contributed by atoms with Crippen LogP contribution in [0.4, 0.5) is 5.69 Å². The molecule has 0 saturated heterocycles. The number of anilines is 1. The number of aromatic nitrogens is 1. The van der Waals surface area contributed by atoms with Crippen molar-refractivity contribution in [2.75, 3.05) is 5.32 Å². The average molecular weight is 228 g/mol. The van der Waals surface area contributed by atoms with Crippen LogP contribution in [0.3, 0.4) is 0 Å². The van der Waals surface area contributed by atoms with Gasteiger partial charge < -0.3 is 9.88 Å². The van der Waals surface area contributed by atoms with Gasteiger partial charge in [-0.2, -0.15) is 0 Å². The summed E-state index contributed by atoms with van der Waals surface area (Å²) in [6.07, 6.45) is 3.20. The summed E-state index contributed by atoms with van der Waals surface area (Å²) in [6, 6.07) is 12.8. The molecule has 2 heteroatoms. The standard InChI is InChI=1S/C15H20N2/c1-3-13-8-5-6-10-15(13)16-12-14-9-7-11-17(14)4-2/h5-11,16H,3-4,12H2,1-2H3. The molecule has 1 aromatic carbocycles. The topological polar surface area (TPSA) is 17.0 Å². The van der Waals surface area contributed by atoms with Gasteiger partial charge in [-0.1, -0.05) is 25.1 Å². The highest BCUT2D eigenvalue weighted by atomic mass is 15.0. The van der Waals surface area contributed by atoms with Crippen molar-refractivity contribution < 1.29 is 0 Å². The smallest absolute Gasteiger partial charge is 0.0553 e. The third kappa shape index (κ3) is 2.70. The summed E-state index contributed by atoms with van der Waals surface area (Å²) in [4.78, 5) is 0. The highest BCUT2D eigenvalue weighted by molar-refractivity contribution is 5.51. The second-order valence-corrected chi connectivity index (χ2v) is 4.15. The van der Waals surface area contributed by atoms with E-state index in [1.807, 2.05) is 0 Å². The highest BCUT2D eigenvalue weighted by Gasteiger charge is 2.01. The minimum Gasteiger partial charge on any atom is -0.379 e. The van der Waals surface area contributed by atoms with Crippen LogP contribution in [-0.4, -0.2) is 4.57 Å². The van der Waals surface area contributed by atoms with E-state index in [1.165, 1.54) is 16.9 Å². The fourth-order valence-corrected chi connectivity index (χ4v) is 2.11. The molecular weight excluding hydrogens is 208 g/mol. The Bertz CT molecular complexity index is 471. The molecule has 1 N–H and O–H groups in total. The molecule has 1 aromatic heterocycles. The first-order chi connectivity index (χ1) is 8.35. The van der Waals surface area contributed by atoms with Crippen LogP contribution >= 0.6 is 0 Å². The van der Waals surface area contributed by atoms with Gasteiger partial charge in [0.2, 0.25) is 0 Å². The van der Waals surface area contributed by atoms with Crippen molar-refractivity contribution >= 4 is 5.69 Å². The van der Waals surface area contributed by atoms with E-state index in [1.54, 1.807) is 0 Å². The maximum Gasteiger partial charge on any atom is 0.0553 e. The maximum absolute atomic E-state index is 3.52. The average Bonchev–Trinajstić information content (AvgIpc) is 2.84. The minimum absolute atomic E-state index is 0.887. The lowest BCUT2D eigenvalue weighted by Crippen LogP contribution is -2.07. The predicted octanol–water partition coefficient (Wildman–Crippen LogP) is 3.68. The third-order valence-corrected chi connectivity index (χ3v) is 3.12. The van der Waals surface area contributed by atoms with Gasteiger partial charge in [-0.05, 0) is 37.1 Å². The molecule has 2 nitrogen and oxygen atoms in total. The van der Waals surface area contributed by atoms with E-state index in [-0.39, 0.29) is 0 Å². The fraction of sp³-hybridized carbons (Fsp3) is 0.333. The summed E-state index contributed by atoms with van der Waals surface area (Å²) < 4.78 is 2.27. The monoisotopic (exact) mass is 228 g/mol. The zero-order valence-corrected chi connectivity index (χ0v) is 10.6. The summed E-state index contributed by atoms with van der Waals surface area (Å²) in [5.74, 6) is 0. The van der Waals surface area contributed by atoms with E-state index < -0.39 is 0 Å². The molecule has 2 aromatic rings. The van der Waals surface area contributed by atoms with Crippen LogP contribution < -0.4 is 5.32 Å². The van der Waals surface area contributed by atoms with Crippen LogP contribution in [0.1, 0.15) is 25.1 Å². The number of para-hydroxylation sites is 1. The molecule has 17 heavy (non-hydrogen) atoms. The number of rotatable bonds is 5. The lowest BCUT2D eigenvalue weighted by molar-refractivity contribution is 0.724. The van der Waals surface area contributed by atoms with Gasteiger partial charge in [0.15, 0.2) is 0 Å². The van der Waals surface area contributed by atoms with Gasteiger partial charge >= 0.3 is 0 Å². The molecule has 0 aliphatic heterocycles. The van der Waals surface area contributed by atoms with E-state index in [4.69, 9.17) is 0 Å². The van der Waals surface area contributed by atoms with Crippen LogP contribution in [-0.2, 0) is 19.5 Å². The summed E-state index contributed by atoms with van der Waals surface area (Å²) in [6.45, 7) is 6.27. The first-order valence-electron chi connectivity index (χ1n) is 6.31. The normalized spacial score (nSPS) is 10.5. The Hall–Kier alpha value is -1.70. The van der Waals surface area contributed by atoms with Crippen molar-refractivity contribution in [1.29, 1.82) is 0 Å². The van der Waals surface area contributed by atoms with Gasteiger partial charge in [0, 0.05) is 24.1 Å². The lowest BCUT2D eigenvalue weighted by atomic mass is 10.1. The van der Waals surface area contributed by atoms with E-state index >= 15 is 0 Å². The van der Waals surface area contributed by atoms with Gasteiger partial charge in [-0.3, -0.25) is 0 Å². The van der Waals surface area contributed by atoms with Gasteiger partial charge in [0.1, 0.15) is 0 Å². The van der Waals surface area contributed by atoms with E-state index in [2.05, 4.69) is 66.3 Å². The van der Waals surface area contributed by atoms with Crippen LogP contribution in [0, 0.1) is 0 Å². The zero-order chi connectivity index (χ0) is 12.1. The summed E-state index contributed by atoms with van der Waals surface area (Å²) in [7, 11) is 0. The number of aryl methyl sites for hydroxylation is 2. The van der Waals surface area contributed by atoms with Crippen LogP contribution in [0.15, 0.2) is 42.6 Å². The Morgan fingerprint density at radius 1 is 1.06 bits per heavy atom. The molecule has 0 spiro atoms. The molecule has 0 amide bonds. The number of benzene rings is 1. The molecule has 90 valence electrons. The van der Waals surface area contributed by atoms with Crippen LogP contribution in [0.25, 0.3) is 0 Å². The summed E-state index contributed by atoms with van der Waals surface area (Å²) in [5.41, 5.74) is 3.96. The Balaban J connectivity index is 2.07. The first-order valence-corrected chi connectivity index (χ1v) is 6.31. The molecule has 0 atom stereocenters. The van der Waals surface area contributed by atoms with Gasteiger partial charge in [-0.15, -0.1) is 0 Å². The molecule has 1 heterocycles. The largest absolute Gasteiger partial charge is 0.379 e. The molecule has 0 unspecified atom stereocenters. The summed E-state index contributed by atoms with van der Waals surface area (Å²) in [5, 5.41) is 3.52. The van der Waals surface area contributed by atoms with Gasteiger partial charge in [0.05, 0.1) is 6.54 Å².